The summed E-state index contributed by atoms with van der Waals surface area (Å²) in [6.45, 7) is 1.83. The number of rotatable bonds is 2. The van der Waals surface area contributed by atoms with E-state index in [1.165, 1.54) is 18.0 Å². The van der Waals surface area contributed by atoms with E-state index in [0.717, 1.165) is 5.82 Å². The van der Waals surface area contributed by atoms with Crippen LogP contribution in [-0.4, -0.2) is 25.1 Å². The number of hydrogen-bond donors (Lipinski definition) is 1. The van der Waals surface area contributed by atoms with Crippen molar-refractivity contribution in [1.29, 1.82) is 0 Å². The van der Waals surface area contributed by atoms with Crippen LogP contribution in [0.4, 0.5) is 0 Å². The van der Waals surface area contributed by atoms with E-state index in [0.29, 0.717) is 15.3 Å². The van der Waals surface area contributed by atoms with Gasteiger partial charge in [-0.2, -0.15) is 0 Å². The molecule has 2 heterocycles. The predicted octanol–water partition coefficient (Wildman–Crippen LogP) is 1.71. The highest BCUT2D eigenvalue weighted by molar-refractivity contribution is 7.99. The third-order valence-corrected chi connectivity index (χ3v) is 2.63. The van der Waals surface area contributed by atoms with Crippen molar-refractivity contribution in [2.24, 2.45) is 0 Å². The number of halogens is 1. The number of aromatic nitrogens is 5. The molecule has 0 aliphatic rings. The molecule has 0 aliphatic carbocycles. The van der Waals surface area contributed by atoms with E-state index in [2.05, 4.69) is 25.1 Å². The SMILES string of the molecule is Cc1nc(Sc2nccnc2Cl)n[nH]1. The zero-order valence-corrected chi connectivity index (χ0v) is 8.80. The maximum absolute atomic E-state index is 5.82. The van der Waals surface area contributed by atoms with Gasteiger partial charge in [-0.1, -0.05) is 11.6 Å². The minimum absolute atomic E-state index is 0.361. The van der Waals surface area contributed by atoms with E-state index in [9.17, 15) is 0 Å². The van der Waals surface area contributed by atoms with Gasteiger partial charge < -0.3 is 0 Å². The first-order valence-electron chi connectivity index (χ1n) is 3.79. The quantitative estimate of drug-likeness (QED) is 0.846. The molecule has 14 heavy (non-hydrogen) atoms. The van der Waals surface area contributed by atoms with Crippen molar-refractivity contribution >= 4 is 23.4 Å². The number of hydrogen-bond acceptors (Lipinski definition) is 5. The van der Waals surface area contributed by atoms with Crippen molar-refractivity contribution in [3.63, 3.8) is 0 Å². The predicted molar refractivity (Wildman–Crippen MR) is 52.3 cm³/mol. The van der Waals surface area contributed by atoms with Gasteiger partial charge in [0, 0.05) is 12.4 Å². The number of H-pyrrole nitrogens is 1. The third kappa shape index (κ3) is 2.02. The molecule has 1 N–H and O–H groups in total. The van der Waals surface area contributed by atoms with Crippen molar-refractivity contribution < 1.29 is 0 Å². The fourth-order valence-corrected chi connectivity index (χ4v) is 1.75. The van der Waals surface area contributed by atoms with Crippen LogP contribution in [0, 0.1) is 6.92 Å². The smallest absolute Gasteiger partial charge is 0.214 e. The lowest BCUT2D eigenvalue weighted by molar-refractivity contribution is 0.960. The topological polar surface area (TPSA) is 67.3 Å². The summed E-state index contributed by atoms with van der Waals surface area (Å²) in [5.41, 5.74) is 0. The van der Waals surface area contributed by atoms with E-state index >= 15 is 0 Å². The summed E-state index contributed by atoms with van der Waals surface area (Å²) in [5.74, 6) is 0.757. The molecular weight excluding hydrogens is 222 g/mol. The molecule has 2 aromatic rings. The Balaban J connectivity index is 2.23. The maximum Gasteiger partial charge on any atom is 0.214 e. The van der Waals surface area contributed by atoms with Gasteiger partial charge in [0.25, 0.3) is 0 Å². The summed E-state index contributed by atoms with van der Waals surface area (Å²) in [5, 5.41) is 8.24. The number of aromatic amines is 1. The second-order valence-electron chi connectivity index (χ2n) is 2.46. The summed E-state index contributed by atoms with van der Waals surface area (Å²) in [6, 6.07) is 0. The maximum atomic E-state index is 5.82. The molecule has 0 radical (unpaired) electrons. The molecule has 0 saturated carbocycles. The van der Waals surface area contributed by atoms with Crippen LogP contribution in [0.15, 0.2) is 22.6 Å². The molecule has 5 nitrogen and oxygen atoms in total. The first-order valence-corrected chi connectivity index (χ1v) is 4.98. The summed E-state index contributed by atoms with van der Waals surface area (Å²) >= 11 is 7.10. The average molecular weight is 228 g/mol. The Morgan fingerprint density at radius 1 is 1.36 bits per heavy atom. The highest BCUT2D eigenvalue weighted by atomic mass is 35.5. The van der Waals surface area contributed by atoms with Crippen molar-refractivity contribution in [3.05, 3.63) is 23.4 Å². The van der Waals surface area contributed by atoms with Crippen LogP contribution < -0.4 is 0 Å². The van der Waals surface area contributed by atoms with Gasteiger partial charge in [0.1, 0.15) is 10.9 Å². The average Bonchev–Trinajstić information content (AvgIpc) is 2.56. The molecule has 0 aliphatic heterocycles. The first-order chi connectivity index (χ1) is 6.75. The number of nitrogens with one attached hydrogen (secondary N) is 1. The van der Waals surface area contributed by atoms with Crippen molar-refractivity contribution in [2.45, 2.75) is 17.1 Å². The molecule has 7 heteroatoms. The summed E-state index contributed by atoms with van der Waals surface area (Å²) in [6.07, 6.45) is 3.11. The van der Waals surface area contributed by atoms with E-state index in [4.69, 9.17) is 11.6 Å². The van der Waals surface area contributed by atoms with Gasteiger partial charge in [0.15, 0.2) is 5.15 Å². The van der Waals surface area contributed by atoms with Crippen LogP contribution in [0.25, 0.3) is 0 Å². The van der Waals surface area contributed by atoms with Gasteiger partial charge in [-0.05, 0) is 18.7 Å². The Morgan fingerprint density at radius 3 is 2.79 bits per heavy atom. The third-order valence-electron chi connectivity index (χ3n) is 1.39. The monoisotopic (exact) mass is 227 g/mol. The van der Waals surface area contributed by atoms with Crippen molar-refractivity contribution in [3.8, 4) is 0 Å². The van der Waals surface area contributed by atoms with Gasteiger partial charge in [-0.15, -0.1) is 5.10 Å². The lowest BCUT2D eigenvalue weighted by Crippen LogP contribution is -1.85. The fraction of sp³-hybridized carbons (Fsp3) is 0.143. The Kier molecular flexibility index (Phi) is 2.64. The molecule has 0 unspecified atom stereocenters. The number of nitrogens with zero attached hydrogens (tertiary/aromatic N) is 4. The minimum Gasteiger partial charge on any atom is -0.262 e. The molecule has 0 fully saturated rings. The molecule has 0 spiro atoms. The molecule has 0 saturated heterocycles. The summed E-state index contributed by atoms with van der Waals surface area (Å²) in [7, 11) is 0. The lowest BCUT2D eigenvalue weighted by Gasteiger charge is -1.96. The molecule has 2 rings (SSSR count). The molecule has 72 valence electrons. The zero-order chi connectivity index (χ0) is 9.97. The van der Waals surface area contributed by atoms with Crippen molar-refractivity contribution in [1.82, 2.24) is 25.1 Å². The zero-order valence-electron chi connectivity index (χ0n) is 7.23. The Hall–Kier alpha value is -1.14. The molecule has 0 amide bonds. The van der Waals surface area contributed by atoms with E-state index in [-0.39, 0.29) is 0 Å². The summed E-state index contributed by atoms with van der Waals surface area (Å²) < 4.78 is 0. The van der Waals surface area contributed by atoms with Crippen LogP contribution >= 0.6 is 23.4 Å². The summed E-state index contributed by atoms with van der Waals surface area (Å²) in [4.78, 5) is 12.1. The van der Waals surface area contributed by atoms with E-state index in [1.807, 2.05) is 6.92 Å². The molecular formula is C7H6ClN5S. The highest BCUT2D eigenvalue weighted by Gasteiger charge is 2.07. The molecule has 0 aromatic carbocycles. The van der Waals surface area contributed by atoms with Crippen molar-refractivity contribution in [2.75, 3.05) is 0 Å². The normalized spacial score (nSPS) is 10.4. The van der Waals surface area contributed by atoms with E-state index < -0.39 is 0 Å². The molecule has 2 aromatic heterocycles. The van der Waals surface area contributed by atoms with Gasteiger partial charge in [0.2, 0.25) is 5.16 Å². The highest BCUT2D eigenvalue weighted by Crippen LogP contribution is 2.26. The molecule has 0 bridgehead atoms. The van der Waals surface area contributed by atoms with Crippen LogP contribution in [0.5, 0.6) is 0 Å². The second kappa shape index (κ2) is 3.93. The first kappa shape index (κ1) is 9.42. The van der Waals surface area contributed by atoms with Crippen LogP contribution in [0.3, 0.4) is 0 Å². The Labute approximate surface area is 89.3 Å². The van der Waals surface area contributed by atoms with Gasteiger partial charge in [0.05, 0.1) is 0 Å². The Bertz CT molecular complexity index is 443. The largest absolute Gasteiger partial charge is 0.262 e. The number of aryl methyl sites for hydroxylation is 1. The van der Waals surface area contributed by atoms with Gasteiger partial charge >= 0.3 is 0 Å². The Morgan fingerprint density at radius 2 is 2.14 bits per heavy atom. The van der Waals surface area contributed by atoms with Gasteiger partial charge in [-0.25, -0.2) is 15.0 Å². The second-order valence-corrected chi connectivity index (χ2v) is 3.77. The van der Waals surface area contributed by atoms with Gasteiger partial charge in [-0.3, -0.25) is 5.10 Å². The minimum atomic E-state index is 0.361. The van der Waals surface area contributed by atoms with Crippen LogP contribution in [-0.2, 0) is 0 Å². The van der Waals surface area contributed by atoms with Crippen LogP contribution in [0.1, 0.15) is 5.82 Å². The molecule has 0 atom stereocenters. The van der Waals surface area contributed by atoms with Crippen LogP contribution in [0.2, 0.25) is 5.15 Å². The fourth-order valence-electron chi connectivity index (χ4n) is 0.831. The lowest BCUT2D eigenvalue weighted by atomic mass is 10.8. The van der Waals surface area contributed by atoms with E-state index in [1.54, 1.807) is 6.20 Å². The standard InChI is InChI=1S/C7H6ClN5S/c1-4-11-7(13-12-4)14-6-5(8)9-2-3-10-6/h2-3H,1H3,(H,11,12,13).